The molecule has 0 fully saturated rings. The first-order chi connectivity index (χ1) is 10.0. The summed E-state index contributed by atoms with van der Waals surface area (Å²) in [4.78, 5) is 15.1. The summed E-state index contributed by atoms with van der Waals surface area (Å²) < 4.78 is 5.22. The van der Waals surface area contributed by atoms with Crippen LogP contribution in [0.25, 0.3) is 0 Å². The van der Waals surface area contributed by atoms with Crippen LogP contribution in [0.2, 0.25) is 0 Å². The van der Waals surface area contributed by atoms with E-state index in [0.29, 0.717) is 28.5 Å². The number of aromatic carboxylic acids is 1. The van der Waals surface area contributed by atoms with Crippen LogP contribution in [0, 0.1) is 18.3 Å². The molecule has 0 atom stereocenters. The second-order valence-electron chi connectivity index (χ2n) is 4.29. The molecule has 6 nitrogen and oxygen atoms in total. The van der Waals surface area contributed by atoms with Gasteiger partial charge in [-0.2, -0.15) is 5.26 Å². The van der Waals surface area contributed by atoms with Gasteiger partial charge in [-0.25, -0.2) is 9.78 Å². The van der Waals surface area contributed by atoms with Gasteiger partial charge in [-0.3, -0.25) is 0 Å². The topological polar surface area (TPSA) is 95.2 Å². The van der Waals surface area contributed by atoms with E-state index in [1.165, 1.54) is 13.2 Å². The first-order valence-corrected chi connectivity index (χ1v) is 6.11. The summed E-state index contributed by atoms with van der Waals surface area (Å²) in [5, 5.41) is 20.9. The molecule has 2 aromatic rings. The van der Waals surface area contributed by atoms with E-state index in [1.54, 1.807) is 31.2 Å². The van der Waals surface area contributed by atoms with Gasteiger partial charge in [0.25, 0.3) is 0 Å². The van der Waals surface area contributed by atoms with Gasteiger partial charge in [0.2, 0.25) is 0 Å². The van der Waals surface area contributed by atoms with Crippen molar-refractivity contribution in [3.05, 3.63) is 47.2 Å². The summed E-state index contributed by atoms with van der Waals surface area (Å²) in [5.41, 5.74) is 1.71. The molecule has 0 radical (unpaired) electrons. The minimum Gasteiger partial charge on any atom is -0.495 e. The maximum Gasteiger partial charge on any atom is 0.337 e. The van der Waals surface area contributed by atoms with Crippen LogP contribution in [-0.2, 0) is 0 Å². The second-order valence-corrected chi connectivity index (χ2v) is 4.29. The molecule has 0 saturated heterocycles. The molecule has 0 bridgehead atoms. The van der Waals surface area contributed by atoms with Crippen molar-refractivity contribution in [3.8, 4) is 11.8 Å². The number of rotatable bonds is 4. The van der Waals surface area contributed by atoms with Crippen LogP contribution >= 0.6 is 0 Å². The first kappa shape index (κ1) is 14.3. The smallest absolute Gasteiger partial charge is 0.337 e. The Morgan fingerprint density at radius 1 is 1.38 bits per heavy atom. The Balaban J connectivity index is 2.32. The minimum atomic E-state index is -1.01. The normalized spacial score (nSPS) is 9.76. The van der Waals surface area contributed by atoms with Crippen LogP contribution in [0.5, 0.6) is 5.75 Å². The predicted molar refractivity (Wildman–Crippen MR) is 76.9 cm³/mol. The number of anilines is 2. The molecule has 0 spiro atoms. The number of nitrogens with one attached hydrogen (secondary N) is 1. The third-order valence-corrected chi connectivity index (χ3v) is 2.91. The van der Waals surface area contributed by atoms with Gasteiger partial charge < -0.3 is 15.2 Å². The molecule has 1 heterocycles. The Kier molecular flexibility index (Phi) is 4.05. The van der Waals surface area contributed by atoms with Crippen molar-refractivity contribution in [2.24, 2.45) is 0 Å². The van der Waals surface area contributed by atoms with Gasteiger partial charge >= 0.3 is 5.97 Å². The van der Waals surface area contributed by atoms with E-state index >= 15 is 0 Å². The van der Waals surface area contributed by atoms with Crippen molar-refractivity contribution in [3.63, 3.8) is 0 Å². The molecule has 0 aliphatic rings. The number of aryl methyl sites for hydroxylation is 1. The van der Waals surface area contributed by atoms with E-state index in [-0.39, 0.29) is 5.56 Å². The molecule has 106 valence electrons. The lowest BCUT2D eigenvalue weighted by molar-refractivity contribution is 0.0695. The number of carboxylic acid groups (broad SMARTS) is 1. The van der Waals surface area contributed by atoms with Gasteiger partial charge in [-0.1, -0.05) is 0 Å². The SMILES string of the molecule is COc1cc(C#N)ccc1Nc1ccc(C(=O)O)c(C)n1. The summed E-state index contributed by atoms with van der Waals surface area (Å²) in [5.74, 6) is -0.00109. The molecule has 0 aliphatic carbocycles. The van der Waals surface area contributed by atoms with Crippen molar-refractivity contribution in [1.29, 1.82) is 5.26 Å². The number of benzene rings is 1. The fraction of sp³-hybridized carbons (Fsp3) is 0.133. The summed E-state index contributed by atoms with van der Waals surface area (Å²) in [6.07, 6.45) is 0. The number of hydrogen-bond donors (Lipinski definition) is 2. The van der Waals surface area contributed by atoms with Crippen LogP contribution < -0.4 is 10.1 Å². The molecule has 2 rings (SSSR count). The average molecular weight is 283 g/mol. The highest BCUT2D eigenvalue weighted by Gasteiger charge is 2.10. The molecule has 0 aliphatic heterocycles. The number of nitriles is 1. The van der Waals surface area contributed by atoms with Crippen molar-refractivity contribution < 1.29 is 14.6 Å². The lowest BCUT2D eigenvalue weighted by Gasteiger charge is -2.11. The lowest BCUT2D eigenvalue weighted by atomic mass is 10.2. The van der Waals surface area contributed by atoms with Crippen molar-refractivity contribution >= 4 is 17.5 Å². The zero-order valence-electron chi connectivity index (χ0n) is 11.5. The second kappa shape index (κ2) is 5.92. The molecule has 0 amide bonds. The van der Waals surface area contributed by atoms with E-state index in [9.17, 15) is 4.79 Å². The quantitative estimate of drug-likeness (QED) is 0.895. The Hall–Kier alpha value is -3.07. The molecule has 21 heavy (non-hydrogen) atoms. The van der Waals surface area contributed by atoms with Crippen LogP contribution in [-0.4, -0.2) is 23.2 Å². The Bertz CT molecular complexity index is 735. The van der Waals surface area contributed by atoms with E-state index in [4.69, 9.17) is 15.1 Å². The molecule has 0 unspecified atom stereocenters. The monoisotopic (exact) mass is 283 g/mol. The summed E-state index contributed by atoms with van der Waals surface area (Å²) in [6, 6.07) is 10.1. The molecular formula is C15H13N3O3. The minimum absolute atomic E-state index is 0.160. The van der Waals surface area contributed by atoms with E-state index < -0.39 is 5.97 Å². The number of pyridine rings is 1. The highest BCUT2D eigenvalue weighted by atomic mass is 16.5. The fourth-order valence-corrected chi connectivity index (χ4v) is 1.86. The summed E-state index contributed by atoms with van der Waals surface area (Å²) >= 11 is 0. The standard InChI is InChI=1S/C15H13N3O3/c1-9-11(15(19)20)4-6-14(17-9)18-12-5-3-10(8-16)7-13(12)21-2/h3-7H,1-2H3,(H,17,18)(H,19,20). The van der Waals surface area contributed by atoms with E-state index in [0.717, 1.165) is 0 Å². The van der Waals surface area contributed by atoms with E-state index in [2.05, 4.69) is 10.3 Å². The van der Waals surface area contributed by atoms with Gasteiger partial charge in [-0.15, -0.1) is 0 Å². The molecule has 1 aromatic carbocycles. The maximum atomic E-state index is 11.0. The number of nitrogens with zero attached hydrogens (tertiary/aromatic N) is 2. The maximum absolute atomic E-state index is 11.0. The Labute approximate surface area is 121 Å². The summed E-state index contributed by atoms with van der Waals surface area (Å²) in [6.45, 7) is 1.63. The van der Waals surface area contributed by atoms with Crippen molar-refractivity contribution in [2.45, 2.75) is 6.92 Å². The molecule has 6 heteroatoms. The molecular weight excluding hydrogens is 270 g/mol. The third kappa shape index (κ3) is 3.09. The Morgan fingerprint density at radius 2 is 2.14 bits per heavy atom. The average Bonchev–Trinajstić information content (AvgIpc) is 2.47. The molecule has 0 saturated carbocycles. The highest BCUT2D eigenvalue weighted by molar-refractivity contribution is 5.89. The van der Waals surface area contributed by atoms with Gasteiger partial charge in [0, 0.05) is 6.07 Å². The van der Waals surface area contributed by atoms with Crippen LogP contribution in [0.1, 0.15) is 21.6 Å². The van der Waals surface area contributed by atoms with Gasteiger partial charge in [0.05, 0.1) is 35.7 Å². The van der Waals surface area contributed by atoms with Crippen LogP contribution in [0.4, 0.5) is 11.5 Å². The van der Waals surface area contributed by atoms with Crippen LogP contribution in [0.3, 0.4) is 0 Å². The van der Waals surface area contributed by atoms with Gasteiger partial charge in [0.1, 0.15) is 11.6 Å². The third-order valence-electron chi connectivity index (χ3n) is 2.91. The first-order valence-electron chi connectivity index (χ1n) is 6.11. The largest absolute Gasteiger partial charge is 0.495 e. The zero-order chi connectivity index (χ0) is 15.4. The molecule has 2 N–H and O–H groups in total. The predicted octanol–water partition coefficient (Wildman–Crippen LogP) is 2.71. The number of ether oxygens (including phenoxy) is 1. The number of carbonyl (C=O) groups is 1. The number of aromatic nitrogens is 1. The van der Waals surface area contributed by atoms with E-state index in [1.807, 2.05) is 6.07 Å². The molecule has 1 aromatic heterocycles. The zero-order valence-corrected chi connectivity index (χ0v) is 11.5. The Morgan fingerprint density at radius 3 is 2.71 bits per heavy atom. The van der Waals surface area contributed by atoms with Crippen molar-refractivity contribution in [2.75, 3.05) is 12.4 Å². The number of hydrogen-bond acceptors (Lipinski definition) is 5. The van der Waals surface area contributed by atoms with Crippen LogP contribution in [0.15, 0.2) is 30.3 Å². The highest BCUT2D eigenvalue weighted by Crippen LogP contribution is 2.28. The number of carboxylic acids is 1. The fourth-order valence-electron chi connectivity index (χ4n) is 1.86. The lowest BCUT2D eigenvalue weighted by Crippen LogP contribution is -2.04. The van der Waals surface area contributed by atoms with Gasteiger partial charge in [-0.05, 0) is 31.2 Å². The van der Waals surface area contributed by atoms with Gasteiger partial charge in [0.15, 0.2) is 0 Å². The number of methoxy groups -OCH3 is 1. The van der Waals surface area contributed by atoms with Crippen molar-refractivity contribution in [1.82, 2.24) is 4.98 Å². The summed E-state index contributed by atoms with van der Waals surface area (Å²) in [7, 11) is 1.51.